The minimum absolute atomic E-state index is 0.251. The van der Waals surface area contributed by atoms with Gasteiger partial charge in [0.2, 0.25) is 0 Å². The van der Waals surface area contributed by atoms with Gasteiger partial charge < -0.3 is 5.73 Å². The number of hydrogen-bond donors (Lipinski definition) is 1. The molecule has 4 heteroatoms. The Labute approximate surface area is 119 Å². The minimum atomic E-state index is -0.266. The van der Waals surface area contributed by atoms with Crippen LogP contribution in [-0.2, 0) is 6.54 Å². The molecule has 2 nitrogen and oxygen atoms in total. The quantitative estimate of drug-likeness (QED) is 0.863. The van der Waals surface area contributed by atoms with Crippen molar-refractivity contribution in [1.29, 1.82) is 0 Å². The fourth-order valence-electron chi connectivity index (χ4n) is 2.72. The molecule has 0 spiro atoms. The Bertz CT molecular complexity index is 475. The van der Waals surface area contributed by atoms with Gasteiger partial charge in [-0.15, -0.1) is 0 Å². The van der Waals surface area contributed by atoms with E-state index in [2.05, 4.69) is 18.7 Å². The van der Waals surface area contributed by atoms with Gasteiger partial charge in [-0.25, -0.2) is 4.39 Å². The summed E-state index contributed by atoms with van der Waals surface area (Å²) in [6.45, 7) is 6.34. The van der Waals surface area contributed by atoms with Gasteiger partial charge in [0.25, 0.3) is 0 Å². The molecule has 0 bridgehead atoms. The molecule has 2 unspecified atom stereocenters. The maximum Gasteiger partial charge on any atom is 0.124 e. The number of likely N-dealkylation sites (tertiary alicyclic amines) is 1. The molecule has 2 rings (SSSR count). The lowest BCUT2D eigenvalue weighted by molar-refractivity contribution is 0.117. The van der Waals surface area contributed by atoms with Crippen molar-refractivity contribution in [3.05, 3.63) is 35.1 Å². The number of piperidine rings is 1. The van der Waals surface area contributed by atoms with E-state index in [0.29, 0.717) is 17.5 Å². The summed E-state index contributed by atoms with van der Waals surface area (Å²) in [6.07, 6.45) is 2.48. The van der Waals surface area contributed by atoms with E-state index < -0.39 is 0 Å². The van der Waals surface area contributed by atoms with Gasteiger partial charge >= 0.3 is 0 Å². The number of hydrogen-bond acceptors (Lipinski definition) is 2. The van der Waals surface area contributed by atoms with Crippen LogP contribution in [0.1, 0.15) is 37.8 Å². The highest BCUT2D eigenvalue weighted by Gasteiger charge is 2.22. The standard InChI is InChI=1S/C15H21FN2S/c1-10-3-4-11(2)18(8-10)9-12-5-13(15(17)19)7-14(16)6-12/h5-7,10-11H,3-4,8-9H2,1-2H3,(H2,17,19). The van der Waals surface area contributed by atoms with Crippen LogP contribution in [0.15, 0.2) is 18.2 Å². The molecular formula is C15H21FN2S. The van der Waals surface area contributed by atoms with Crippen LogP contribution in [0.5, 0.6) is 0 Å². The Balaban J connectivity index is 2.16. The Hall–Kier alpha value is -1.00. The topological polar surface area (TPSA) is 29.3 Å². The lowest BCUT2D eigenvalue weighted by Crippen LogP contribution is -2.40. The molecule has 2 atom stereocenters. The number of halogens is 1. The van der Waals surface area contributed by atoms with Crippen molar-refractivity contribution >= 4 is 17.2 Å². The fraction of sp³-hybridized carbons (Fsp3) is 0.533. The fourth-order valence-corrected chi connectivity index (χ4v) is 2.84. The molecule has 1 aromatic rings. The van der Waals surface area contributed by atoms with Crippen molar-refractivity contribution in [2.45, 2.75) is 39.3 Å². The predicted molar refractivity (Wildman–Crippen MR) is 80.6 cm³/mol. The van der Waals surface area contributed by atoms with Crippen molar-refractivity contribution in [1.82, 2.24) is 4.90 Å². The van der Waals surface area contributed by atoms with Crippen molar-refractivity contribution < 1.29 is 4.39 Å². The third-order valence-corrected chi connectivity index (χ3v) is 4.11. The summed E-state index contributed by atoms with van der Waals surface area (Å²) in [5.74, 6) is 0.442. The van der Waals surface area contributed by atoms with E-state index in [-0.39, 0.29) is 10.8 Å². The minimum Gasteiger partial charge on any atom is -0.389 e. The van der Waals surface area contributed by atoms with Crippen LogP contribution >= 0.6 is 12.2 Å². The molecule has 0 radical (unpaired) electrons. The van der Waals surface area contributed by atoms with Gasteiger partial charge in [-0.3, -0.25) is 4.90 Å². The van der Waals surface area contributed by atoms with E-state index in [4.69, 9.17) is 18.0 Å². The Morgan fingerprint density at radius 3 is 2.79 bits per heavy atom. The van der Waals surface area contributed by atoms with Gasteiger partial charge in [0, 0.05) is 24.7 Å². The maximum atomic E-state index is 13.6. The van der Waals surface area contributed by atoms with Crippen molar-refractivity contribution in [3.63, 3.8) is 0 Å². The van der Waals surface area contributed by atoms with Gasteiger partial charge in [-0.2, -0.15) is 0 Å². The summed E-state index contributed by atoms with van der Waals surface area (Å²) in [5, 5.41) is 0. The molecule has 0 amide bonds. The van der Waals surface area contributed by atoms with E-state index >= 15 is 0 Å². The molecule has 104 valence electrons. The van der Waals surface area contributed by atoms with Crippen LogP contribution in [0.3, 0.4) is 0 Å². The second kappa shape index (κ2) is 5.97. The first-order valence-corrected chi connectivity index (χ1v) is 7.20. The van der Waals surface area contributed by atoms with Crippen LogP contribution in [0.2, 0.25) is 0 Å². The zero-order valence-corrected chi connectivity index (χ0v) is 12.3. The van der Waals surface area contributed by atoms with E-state index in [1.165, 1.54) is 18.9 Å². The van der Waals surface area contributed by atoms with Crippen molar-refractivity contribution in [2.24, 2.45) is 11.7 Å². The Morgan fingerprint density at radius 1 is 1.37 bits per heavy atom. The summed E-state index contributed by atoms with van der Waals surface area (Å²) >= 11 is 4.93. The Morgan fingerprint density at radius 2 is 2.11 bits per heavy atom. The molecular weight excluding hydrogens is 259 g/mol. The highest BCUT2D eigenvalue weighted by molar-refractivity contribution is 7.80. The second-order valence-electron chi connectivity index (χ2n) is 5.67. The molecule has 1 aliphatic heterocycles. The first-order valence-electron chi connectivity index (χ1n) is 6.79. The summed E-state index contributed by atoms with van der Waals surface area (Å²) in [6, 6.07) is 5.42. The van der Waals surface area contributed by atoms with E-state index in [9.17, 15) is 4.39 Å². The number of nitrogens with two attached hydrogens (primary N) is 1. The van der Waals surface area contributed by atoms with Crippen LogP contribution in [0.4, 0.5) is 4.39 Å². The molecule has 19 heavy (non-hydrogen) atoms. The molecule has 1 saturated heterocycles. The first kappa shape index (κ1) is 14.4. The second-order valence-corrected chi connectivity index (χ2v) is 6.11. The first-order chi connectivity index (χ1) is 8.95. The molecule has 1 aliphatic rings. The zero-order chi connectivity index (χ0) is 14.0. The van der Waals surface area contributed by atoms with Crippen molar-refractivity contribution in [2.75, 3.05) is 6.54 Å². The van der Waals surface area contributed by atoms with Crippen LogP contribution in [0.25, 0.3) is 0 Å². The summed E-state index contributed by atoms with van der Waals surface area (Å²) in [7, 11) is 0. The number of thiocarbonyl (C=S) groups is 1. The third kappa shape index (κ3) is 3.74. The molecule has 0 aromatic heterocycles. The lowest BCUT2D eigenvalue weighted by Gasteiger charge is -2.36. The molecule has 0 aliphatic carbocycles. The maximum absolute atomic E-state index is 13.6. The summed E-state index contributed by atoms with van der Waals surface area (Å²) in [5.41, 5.74) is 7.15. The van der Waals surface area contributed by atoms with E-state index in [1.807, 2.05) is 6.07 Å². The lowest BCUT2D eigenvalue weighted by atomic mass is 9.94. The largest absolute Gasteiger partial charge is 0.389 e. The predicted octanol–water partition coefficient (Wildman–Crippen LogP) is 3.08. The molecule has 0 saturated carbocycles. The summed E-state index contributed by atoms with van der Waals surface area (Å²) < 4.78 is 13.6. The van der Waals surface area contributed by atoms with E-state index in [0.717, 1.165) is 18.7 Å². The van der Waals surface area contributed by atoms with Gasteiger partial charge in [0.05, 0.1) is 0 Å². The summed E-state index contributed by atoms with van der Waals surface area (Å²) in [4.78, 5) is 2.66. The van der Waals surface area contributed by atoms with Crippen molar-refractivity contribution in [3.8, 4) is 0 Å². The van der Waals surface area contributed by atoms with E-state index in [1.54, 1.807) is 6.07 Å². The number of rotatable bonds is 3. The van der Waals surface area contributed by atoms with Crippen LogP contribution in [-0.4, -0.2) is 22.5 Å². The zero-order valence-electron chi connectivity index (χ0n) is 11.5. The average Bonchev–Trinajstić information content (AvgIpc) is 2.33. The molecule has 1 heterocycles. The average molecular weight is 280 g/mol. The normalized spacial score (nSPS) is 24.4. The number of benzene rings is 1. The highest BCUT2D eigenvalue weighted by atomic mass is 32.1. The van der Waals surface area contributed by atoms with Gasteiger partial charge in [-0.1, -0.05) is 19.1 Å². The Kier molecular flexibility index (Phi) is 4.53. The monoisotopic (exact) mass is 280 g/mol. The SMILES string of the molecule is CC1CCC(C)N(Cc2cc(F)cc(C(N)=S)c2)C1. The molecule has 1 aromatic carbocycles. The molecule has 2 N–H and O–H groups in total. The highest BCUT2D eigenvalue weighted by Crippen LogP contribution is 2.23. The van der Waals surface area contributed by atoms with Crippen LogP contribution in [0, 0.1) is 11.7 Å². The van der Waals surface area contributed by atoms with Gasteiger partial charge in [-0.05, 0) is 49.4 Å². The van der Waals surface area contributed by atoms with Crippen LogP contribution < -0.4 is 5.73 Å². The third-order valence-electron chi connectivity index (χ3n) is 3.87. The molecule has 1 fully saturated rings. The number of nitrogens with zero attached hydrogens (tertiary/aromatic N) is 1. The van der Waals surface area contributed by atoms with Gasteiger partial charge in [0.1, 0.15) is 10.8 Å². The smallest absolute Gasteiger partial charge is 0.124 e. The van der Waals surface area contributed by atoms with Gasteiger partial charge in [0.15, 0.2) is 0 Å².